The summed E-state index contributed by atoms with van der Waals surface area (Å²) in [5.41, 5.74) is 3.49. The van der Waals surface area contributed by atoms with E-state index in [1.165, 1.54) is 16.5 Å². The van der Waals surface area contributed by atoms with Gasteiger partial charge in [0.15, 0.2) is 0 Å². The predicted octanol–water partition coefficient (Wildman–Crippen LogP) is 3.83. The van der Waals surface area contributed by atoms with E-state index in [1.807, 2.05) is 24.3 Å². The van der Waals surface area contributed by atoms with Crippen molar-refractivity contribution in [2.24, 2.45) is 5.92 Å². The molecule has 4 heteroatoms. The minimum absolute atomic E-state index is 0.102. The number of aromatic nitrogens is 1. The normalized spacial score (nSPS) is 15.1. The number of ether oxygens (including phenoxy) is 1. The number of amides is 1. The Morgan fingerprint density at radius 3 is 2.68 bits per heavy atom. The smallest absolute Gasteiger partial charge is 0.223 e. The molecule has 0 saturated heterocycles. The molecule has 1 heterocycles. The van der Waals surface area contributed by atoms with Crippen LogP contribution in [0.1, 0.15) is 29.9 Å². The van der Waals surface area contributed by atoms with Gasteiger partial charge in [-0.3, -0.25) is 4.79 Å². The SMILES string of the molecule is COc1ccc([C@H](CNC(=O)C2CC2)c2c[nH]c3ccccc23)cc1. The highest BCUT2D eigenvalue weighted by molar-refractivity contribution is 5.85. The lowest BCUT2D eigenvalue weighted by Crippen LogP contribution is -2.30. The fourth-order valence-corrected chi connectivity index (χ4v) is 3.32. The fourth-order valence-electron chi connectivity index (χ4n) is 3.32. The minimum Gasteiger partial charge on any atom is -0.497 e. The van der Waals surface area contributed by atoms with Crippen LogP contribution in [0.25, 0.3) is 10.9 Å². The van der Waals surface area contributed by atoms with Crippen molar-refractivity contribution >= 4 is 16.8 Å². The van der Waals surface area contributed by atoms with Crippen LogP contribution in [-0.2, 0) is 4.79 Å². The second kappa shape index (κ2) is 6.63. The largest absolute Gasteiger partial charge is 0.497 e. The molecule has 3 aromatic rings. The van der Waals surface area contributed by atoms with Gasteiger partial charge in [0.2, 0.25) is 5.91 Å². The van der Waals surface area contributed by atoms with Crippen LogP contribution in [0.15, 0.2) is 54.7 Å². The molecule has 1 fully saturated rings. The zero-order valence-electron chi connectivity index (χ0n) is 14.3. The summed E-state index contributed by atoms with van der Waals surface area (Å²) in [6, 6.07) is 16.4. The summed E-state index contributed by atoms with van der Waals surface area (Å²) in [6.45, 7) is 0.601. The minimum atomic E-state index is 0.102. The van der Waals surface area contributed by atoms with E-state index >= 15 is 0 Å². The average molecular weight is 334 g/mol. The van der Waals surface area contributed by atoms with Gasteiger partial charge in [0, 0.05) is 35.5 Å². The number of rotatable bonds is 6. The maximum atomic E-state index is 12.1. The zero-order valence-corrected chi connectivity index (χ0v) is 14.3. The Balaban J connectivity index is 1.67. The van der Waals surface area contributed by atoms with E-state index in [4.69, 9.17) is 4.74 Å². The molecule has 128 valence electrons. The first-order valence-electron chi connectivity index (χ1n) is 8.74. The highest BCUT2D eigenvalue weighted by Crippen LogP contribution is 2.32. The van der Waals surface area contributed by atoms with Crippen LogP contribution in [-0.4, -0.2) is 24.5 Å². The molecule has 1 aromatic heterocycles. The summed E-state index contributed by atoms with van der Waals surface area (Å²) in [5, 5.41) is 4.34. The van der Waals surface area contributed by atoms with Crippen molar-refractivity contribution in [3.63, 3.8) is 0 Å². The number of methoxy groups -OCH3 is 1. The number of fused-ring (bicyclic) bond motifs is 1. The number of nitrogens with one attached hydrogen (secondary N) is 2. The maximum Gasteiger partial charge on any atom is 0.223 e. The van der Waals surface area contributed by atoms with Crippen LogP contribution < -0.4 is 10.1 Å². The predicted molar refractivity (Wildman–Crippen MR) is 98.9 cm³/mol. The summed E-state index contributed by atoms with van der Waals surface area (Å²) < 4.78 is 5.27. The zero-order chi connectivity index (χ0) is 17.2. The first-order chi connectivity index (χ1) is 12.3. The van der Waals surface area contributed by atoms with Gasteiger partial charge in [0.25, 0.3) is 0 Å². The van der Waals surface area contributed by atoms with Crippen LogP contribution in [0.5, 0.6) is 5.75 Å². The van der Waals surface area contributed by atoms with E-state index in [-0.39, 0.29) is 17.7 Å². The molecule has 2 N–H and O–H groups in total. The monoisotopic (exact) mass is 334 g/mol. The van der Waals surface area contributed by atoms with E-state index in [0.29, 0.717) is 6.54 Å². The van der Waals surface area contributed by atoms with Gasteiger partial charge in [-0.05, 0) is 42.2 Å². The maximum absolute atomic E-state index is 12.1. The van der Waals surface area contributed by atoms with E-state index in [0.717, 1.165) is 24.1 Å². The Hall–Kier alpha value is -2.75. The number of hydrogen-bond acceptors (Lipinski definition) is 2. The second-order valence-electron chi connectivity index (χ2n) is 6.63. The molecular formula is C21H22N2O2. The number of hydrogen-bond donors (Lipinski definition) is 2. The molecule has 4 rings (SSSR count). The summed E-state index contributed by atoms with van der Waals surface area (Å²) in [4.78, 5) is 15.5. The Kier molecular flexibility index (Phi) is 4.18. The van der Waals surface area contributed by atoms with Gasteiger partial charge in [-0.15, -0.1) is 0 Å². The number of benzene rings is 2. The summed E-state index contributed by atoms with van der Waals surface area (Å²) in [5.74, 6) is 1.34. The molecule has 1 aliphatic carbocycles. The molecule has 0 radical (unpaired) electrons. The van der Waals surface area contributed by atoms with E-state index in [9.17, 15) is 4.79 Å². The van der Waals surface area contributed by atoms with Gasteiger partial charge in [-0.1, -0.05) is 30.3 Å². The molecule has 2 aromatic carbocycles. The summed E-state index contributed by atoms with van der Waals surface area (Å²) in [6.07, 6.45) is 4.10. The van der Waals surface area contributed by atoms with Crippen molar-refractivity contribution in [3.05, 3.63) is 65.9 Å². The van der Waals surface area contributed by atoms with Crippen molar-refractivity contribution in [1.29, 1.82) is 0 Å². The van der Waals surface area contributed by atoms with E-state index in [1.54, 1.807) is 7.11 Å². The molecule has 4 nitrogen and oxygen atoms in total. The summed E-state index contributed by atoms with van der Waals surface area (Å²) >= 11 is 0. The number of para-hydroxylation sites is 1. The molecular weight excluding hydrogens is 312 g/mol. The molecule has 1 amide bonds. The van der Waals surface area contributed by atoms with E-state index < -0.39 is 0 Å². The lowest BCUT2D eigenvalue weighted by atomic mass is 9.90. The van der Waals surface area contributed by atoms with Gasteiger partial charge in [0.1, 0.15) is 5.75 Å². The molecule has 0 bridgehead atoms. The number of aromatic amines is 1. The Bertz CT molecular complexity index is 878. The second-order valence-corrected chi connectivity index (χ2v) is 6.63. The van der Waals surface area contributed by atoms with Crippen LogP contribution in [0, 0.1) is 5.92 Å². The van der Waals surface area contributed by atoms with Crippen LogP contribution >= 0.6 is 0 Å². The fraction of sp³-hybridized carbons (Fsp3) is 0.286. The molecule has 0 spiro atoms. The molecule has 0 unspecified atom stereocenters. The van der Waals surface area contributed by atoms with Crippen LogP contribution in [0.3, 0.4) is 0 Å². The van der Waals surface area contributed by atoms with Gasteiger partial charge in [0.05, 0.1) is 7.11 Å². The molecule has 0 aliphatic heterocycles. The van der Waals surface area contributed by atoms with Crippen molar-refractivity contribution < 1.29 is 9.53 Å². The van der Waals surface area contributed by atoms with Gasteiger partial charge in [-0.2, -0.15) is 0 Å². The first kappa shape index (κ1) is 15.8. The topological polar surface area (TPSA) is 54.1 Å². The third-order valence-corrected chi connectivity index (χ3v) is 4.94. The molecule has 1 aliphatic rings. The Morgan fingerprint density at radius 1 is 1.20 bits per heavy atom. The van der Waals surface area contributed by atoms with Crippen molar-refractivity contribution in [2.45, 2.75) is 18.8 Å². The highest BCUT2D eigenvalue weighted by atomic mass is 16.5. The van der Waals surface area contributed by atoms with Gasteiger partial charge < -0.3 is 15.0 Å². The van der Waals surface area contributed by atoms with E-state index in [2.05, 4.69) is 40.8 Å². The van der Waals surface area contributed by atoms with Crippen LogP contribution in [0.4, 0.5) is 0 Å². The standard InChI is InChI=1S/C21H22N2O2/c1-25-16-10-8-14(9-11-16)18(12-23-21(24)15-6-7-15)19-13-22-20-5-3-2-4-17(19)20/h2-5,8-11,13,15,18,22H,6-7,12H2,1H3,(H,23,24)/t18-/m0/s1. The quantitative estimate of drug-likeness (QED) is 0.720. The first-order valence-corrected chi connectivity index (χ1v) is 8.74. The van der Waals surface area contributed by atoms with Crippen molar-refractivity contribution in [2.75, 3.05) is 13.7 Å². The van der Waals surface area contributed by atoms with Crippen molar-refractivity contribution in [1.82, 2.24) is 10.3 Å². The van der Waals surface area contributed by atoms with Gasteiger partial charge in [-0.25, -0.2) is 0 Å². The highest BCUT2D eigenvalue weighted by Gasteiger charge is 2.30. The number of carbonyl (C=O) groups is 1. The Labute approximate surface area is 147 Å². The molecule has 25 heavy (non-hydrogen) atoms. The Morgan fingerprint density at radius 2 is 1.96 bits per heavy atom. The third-order valence-electron chi connectivity index (χ3n) is 4.94. The lowest BCUT2D eigenvalue weighted by Gasteiger charge is -2.18. The third kappa shape index (κ3) is 3.25. The number of H-pyrrole nitrogens is 1. The molecule has 1 saturated carbocycles. The average Bonchev–Trinajstić information content (AvgIpc) is 3.43. The van der Waals surface area contributed by atoms with Crippen LogP contribution in [0.2, 0.25) is 0 Å². The van der Waals surface area contributed by atoms with Gasteiger partial charge >= 0.3 is 0 Å². The molecule has 1 atom stereocenters. The summed E-state index contributed by atoms with van der Waals surface area (Å²) in [7, 11) is 1.67. The van der Waals surface area contributed by atoms with Crippen molar-refractivity contribution in [3.8, 4) is 5.75 Å². The lowest BCUT2D eigenvalue weighted by molar-refractivity contribution is -0.122. The number of carbonyl (C=O) groups excluding carboxylic acids is 1.